The Kier molecular flexibility index (Phi) is 5.69. The third-order valence-electron chi connectivity index (χ3n) is 3.15. The molecule has 2 rings (SSSR count). The van der Waals surface area contributed by atoms with Crippen LogP contribution in [0, 0.1) is 18.3 Å². The van der Waals surface area contributed by atoms with Gasteiger partial charge in [-0.2, -0.15) is 5.26 Å². The summed E-state index contributed by atoms with van der Waals surface area (Å²) in [7, 11) is 0. The van der Waals surface area contributed by atoms with Crippen LogP contribution in [0.4, 0.5) is 11.4 Å². The van der Waals surface area contributed by atoms with Crippen LogP contribution in [0.1, 0.15) is 5.56 Å². The number of aryl methyl sites for hydroxylation is 1. The lowest BCUT2D eigenvalue weighted by atomic mass is 10.2. The van der Waals surface area contributed by atoms with Crippen LogP contribution in [0.5, 0.6) is 5.75 Å². The van der Waals surface area contributed by atoms with Crippen LogP contribution in [0.25, 0.3) is 0 Å². The molecule has 0 fully saturated rings. The number of anilines is 2. The Morgan fingerprint density at radius 2 is 2.00 bits per heavy atom. The summed E-state index contributed by atoms with van der Waals surface area (Å²) in [5.41, 5.74) is 1.51. The first-order valence-electron chi connectivity index (χ1n) is 6.84. The zero-order chi connectivity index (χ0) is 17.7. The number of nitrogens with zero attached hydrogens (tertiary/aromatic N) is 1. The number of rotatable bonds is 4. The summed E-state index contributed by atoms with van der Waals surface area (Å²) in [4.78, 5) is 12.2. The van der Waals surface area contributed by atoms with Crippen molar-refractivity contribution in [1.29, 1.82) is 5.26 Å². The molecule has 0 aliphatic heterocycles. The summed E-state index contributed by atoms with van der Waals surface area (Å²) < 4.78 is 0. The van der Waals surface area contributed by atoms with E-state index < -0.39 is 5.91 Å². The molecule has 24 heavy (non-hydrogen) atoms. The van der Waals surface area contributed by atoms with Crippen LogP contribution < -0.4 is 10.6 Å². The van der Waals surface area contributed by atoms with Crippen molar-refractivity contribution >= 4 is 40.5 Å². The molecule has 2 aromatic carbocycles. The standard InChI is InChI=1S/C17H13Cl2N3O2/c1-10-7-12(23)5-6-14(10)22-17(24)11(8-20)9-21-15-4-2-3-13(18)16(15)19/h2-7,9,21,23H,1H3,(H,22,24)/b11-9-. The molecule has 0 saturated carbocycles. The van der Waals surface area contributed by atoms with Gasteiger partial charge in [-0.3, -0.25) is 4.79 Å². The molecule has 0 radical (unpaired) electrons. The van der Waals surface area contributed by atoms with Gasteiger partial charge < -0.3 is 15.7 Å². The van der Waals surface area contributed by atoms with Gasteiger partial charge in [0.05, 0.1) is 15.7 Å². The molecule has 0 aliphatic rings. The number of carbonyl (C=O) groups is 1. The number of halogens is 2. The van der Waals surface area contributed by atoms with E-state index in [1.54, 1.807) is 31.2 Å². The first-order chi connectivity index (χ1) is 11.4. The normalized spacial score (nSPS) is 10.8. The number of phenolic OH excluding ortho intramolecular Hbond substituents is 1. The molecule has 1 amide bonds. The maximum atomic E-state index is 12.2. The highest BCUT2D eigenvalue weighted by Gasteiger charge is 2.11. The lowest BCUT2D eigenvalue weighted by Gasteiger charge is -2.09. The van der Waals surface area contributed by atoms with Crippen LogP contribution in [-0.4, -0.2) is 11.0 Å². The molecule has 0 saturated heterocycles. The third kappa shape index (κ3) is 4.19. The molecule has 122 valence electrons. The van der Waals surface area contributed by atoms with E-state index in [0.717, 1.165) is 0 Å². The van der Waals surface area contributed by atoms with E-state index in [1.165, 1.54) is 18.3 Å². The predicted octanol–water partition coefficient (Wildman–Crippen LogP) is 4.47. The second kappa shape index (κ2) is 7.73. The number of phenols is 1. The molecular formula is C17H13Cl2N3O2. The molecule has 5 nitrogen and oxygen atoms in total. The summed E-state index contributed by atoms with van der Waals surface area (Å²) in [6.45, 7) is 1.73. The van der Waals surface area contributed by atoms with Crippen LogP contribution in [0.2, 0.25) is 10.0 Å². The van der Waals surface area contributed by atoms with Gasteiger partial charge in [-0.05, 0) is 42.8 Å². The van der Waals surface area contributed by atoms with Gasteiger partial charge in [0, 0.05) is 11.9 Å². The average Bonchev–Trinajstić information content (AvgIpc) is 2.54. The number of amides is 1. The minimum absolute atomic E-state index is 0.0961. The maximum Gasteiger partial charge on any atom is 0.267 e. The summed E-state index contributed by atoms with van der Waals surface area (Å²) >= 11 is 11.9. The number of nitrogens with one attached hydrogen (secondary N) is 2. The molecule has 2 aromatic rings. The van der Waals surface area contributed by atoms with Crippen molar-refractivity contribution in [3.05, 3.63) is 63.8 Å². The Morgan fingerprint density at radius 3 is 2.67 bits per heavy atom. The van der Waals surface area contributed by atoms with Gasteiger partial charge in [0.15, 0.2) is 0 Å². The van der Waals surface area contributed by atoms with E-state index in [-0.39, 0.29) is 11.3 Å². The lowest BCUT2D eigenvalue weighted by molar-refractivity contribution is -0.112. The maximum absolute atomic E-state index is 12.2. The van der Waals surface area contributed by atoms with Gasteiger partial charge in [-0.25, -0.2) is 0 Å². The van der Waals surface area contributed by atoms with Gasteiger partial charge in [0.1, 0.15) is 17.4 Å². The number of hydrogen-bond acceptors (Lipinski definition) is 4. The highest BCUT2D eigenvalue weighted by Crippen LogP contribution is 2.29. The van der Waals surface area contributed by atoms with E-state index in [1.807, 2.05) is 6.07 Å². The van der Waals surface area contributed by atoms with Crippen molar-refractivity contribution in [2.75, 3.05) is 10.6 Å². The fourth-order valence-electron chi connectivity index (χ4n) is 1.89. The Hall–Kier alpha value is -2.68. The largest absolute Gasteiger partial charge is 0.508 e. The summed E-state index contributed by atoms with van der Waals surface area (Å²) in [5.74, 6) is -0.490. The van der Waals surface area contributed by atoms with E-state index >= 15 is 0 Å². The van der Waals surface area contributed by atoms with Crippen molar-refractivity contribution in [2.24, 2.45) is 0 Å². The Balaban J connectivity index is 2.17. The van der Waals surface area contributed by atoms with Crippen LogP contribution in [0.3, 0.4) is 0 Å². The quantitative estimate of drug-likeness (QED) is 0.426. The van der Waals surface area contributed by atoms with Gasteiger partial charge in [0.25, 0.3) is 5.91 Å². The highest BCUT2D eigenvalue weighted by atomic mass is 35.5. The van der Waals surface area contributed by atoms with Crippen LogP contribution in [0.15, 0.2) is 48.2 Å². The number of hydrogen-bond donors (Lipinski definition) is 3. The molecule has 0 bridgehead atoms. The molecule has 7 heteroatoms. The van der Waals surface area contributed by atoms with Crippen molar-refractivity contribution < 1.29 is 9.90 Å². The number of carbonyl (C=O) groups excluding carboxylic acids is 1. The van der Waals surface area contributed by atoms with Crippen molar-refractivity contribution in [3.63, 3.8) is 0 Å². The monoisotopic (exact) mass is 361 g/mol. The zero-order valence-corrected chi connectivity index (χ0v) is 14.1. The number of nitriles is 1. The zero-order valence-electron chi connectivity index (χ0n) is 12.6. The fourth-order valence-corrected chi connectivity index (χ4v) is 2.25. The van der Waals surface area contributed by atoms with Gasteiger partial charge in [0.2, 0.25) is 0 Å². The van der Waals surface area contributed by atoms with Gasteiger partial charge >= 0.3 is 0 Å². The Morgan fingerprint density at radius 1 is 1.25 bits per heavy atom. The Labute approximate surface area is 149 Å². The summed E-state index contributed by atoms with van der Waals surface area (Å²) in [6.07, 6.45) is 1.25. The van der Waals surface area contributed by atoms with Crippen molar-refractivity contribution in [1.82, 2.24) is 0 Å². The van der Waals surface area contributed by atoms with Crippen molar-refractivity contribution in [3.8, 4) is 11.8 Å². The minimum Gasteiger partial charge on any atom is -0.508 e. The van der Waals surface area contributed by atoms with Crippen LogP contribution in [-0.2, 0) is 4.79 Å². The predicted molar refractivity (Wildman–Crippen MR) is 95.3 cm³/mol. The Bertz CT molecular complexity index is 857. The van der Waals surface area contributed by atoms with E-state index in [0.29, 0.717) is 27.0 Å². The third-order valence-corrected chi connectivity index (χ3v) is 3.97. The first kappa shape index (κ1) is 17.7. The smallest absolute Gasteiger partial charge is 0.267 e. The second-order valence-corrected chi connectivity index (χ2v) is 5.65. The van der Waals surface area contributed by atoms with Gasteiger partial charge in [-0.1, -0.05) is 29.3 Å². The second-order valence-electron chi connectivity index (χ2n) is 4.87. The summed E-state index contributed by atoms with van der Waals surface area (Å²) in [6, 6.07) is 11.3. The molecule has 3 N–H and O–H groups in total. The molecule has 0 spiro atoms. The van der Waals surface area contributed by atoms with E-state index in [2.05, 4.69) is 10.6 Å². The molecule has 0 unspecified atom stereocenters. The SMILES string of the molecule is Cc1cc(O)ccc1NC(=O)/C(C#N)=C\Nc1cccc(Cl)c1Cl. The molecule has 0 heterocycles. The van der Waals surface area contributed by atoms with Crippen LogP contribution >= 0.6 is 23.2 Å². The van der Waals surface area contributed by atoms with Crippen molar-refractivity contribution in [2.45, 2.75) is 6.92 Å². The number of aromatic hydroxyl groups is 1. The van der Waals surface area contributed by atoms with E-state index in [4.69, 9.17) is 23.2 Å². The topological polar surface area (TPSA) is 85.2 Å². The molecular weight excluding hydrogens is 349 g/mol. The van der Waals surface area contributed by atoms with Gasteiger partial charge in [-0.15, -0.1) is 0 Å². The molecule has 0 aromatic heterocycles. The highest BCUT2D eigenvalue weighted by molar-refractivity contribution is 6.43. The fraction of sp³-hybridized carbons (Fsp3) is 0.0588. The lowest BCUT2D eigenvalue weighted by Crippen LogP contribution is -2.15. The summed E-state index contributed by atoms with van der Waals surface area (Å²) in [5, 5.41) is 24.6. The first-order valence-corrected chi connectivity index (χ1v) is 7.59. The molecule has 0 atom stereocenters. The molecule has 0 aliphatic carbocycles. The minimum atomic E-state index is -0.586. The van der Waals surface area contributed by atoms with E-state index in [9.17, 15) is 15.2 Å². The number of benzene rings is 2. The average molecular weight is 362 g/mol.